The van der Waals surface area contributed by atoms with Gasteiger partial charge < -0.3 is 19.3 Å². The zero-order chi connectivity index (χ0) is 19.1. The Morgan fingerprint density at radius 3 is 2.73 bits per heavy atom. The molecule has 0 unspecified atom stereocenters. The van der Waals surface area contributed by atoms with Gasteiger partial charge in [0.15, 0.2) is 0 Å². The quantitative estimate of drug-likeness (QED) is 0.461. The summed E-state index contributed by atoms with van der Waals surface area (Å²) in [4.78, 5) is 24.1. The van der Waals surface area contributed by atoms with Gasteiger partial charge in [-0.2, -0.15) is 0 Å². The molecule has 2 saturated carbocycles. The largest absolute Gasteiger partial charge is 0.459 e. The van der Waals surface area contributed by atoms with E-state index in [-0.39, 0.29) is 35.9 Å². The van der Waals surface area contributed by atoms with Crippen LogP contribution in [-0.4, -0.2) is 40.6 Å². The first-order valence-electron chi connectivity index (χ1n) is 9.22. The highest BCUT2D eigenvalue weighted by atomic mass is 16.7. The molecule has 142 valence electrons. The van der Waals surface area contributed by atoms with Gasteiger partial charge in [-0.3, -0.25) is 0 Å². The fourth-order valence-electron chi connectivity index (χ4n) is 5.25. The molecule has 1 saturated heterocycles. The van der Waals surface area contributed by atoms with Crippen molar-refractivity contribution in [1.82, 2.24) is 0 Å². The molecular weight excluding hydrogens is 336 g/mol. The molecule has 0 bridgehead atoms. The summed E-state index contributed by atoms with van der Waals surface area (Å²) in [6, 6.07) is 0. The fraction of sp³-hybridized carbons (Fsp3) is 0.700. The van der Waals surface area contributed by atoms with Crippen molar-refractivity contribution in [2.45, 2.75) is 77.5 Å². The van der Waals surface area contributed by atoms with E-state index in [4.69, 9.17) is 14.2 Å². The zero-order valence-electron chi connectivity index (χ0n) is 15.9. The molecule has 26 heavy (non-hydrogen) atoms. The van der Waals surface area contributed by atoms with Crippen LogP contribution in [0.4, 0.5) is 0 Å². The van der Waals surface area contributed by atoms with E-state index in [0.717, 1.165) is 5.57 Å². The molecule has 4 aliphatic rings. The van der Waals surface area contributed by atoms with Gasteiger partial charge in [0, 0.05) is 41.4 Å². The smallest absolute Gasteiger partial charge is 0.336 e. The molecule has 0 aromatic carbocycles. The Morgan fingerprint density at radius 2 is 2.08 bits per heavy atom. The molecule has 6 heteroatoms. The van der Waals surface area contributed by atoms with Crippen LogP contribution < -0.4 is 0 Å². The minimum atomic E-state index is -1.55. The van der Waals surface area contributed by atoms with E-state index in [1.165, 1.54) is 6.08 Å². The van der Waals surface area contributed by atoms with Gasteiger partial charge in [-0.15, -0.1) is 0 Å². The van der Waals surface area contributed by atoms with Crippen LogP contribution in [0.3, 0.4) is 0 Å². The Labute approximate surface area is 153 Å². The minimum absolute atomic E-state index is 0.0244. The van der Waals surface area contributed by atoms with Gasteiger partial charge in [-0.05, 0) is 27.2 Å². The number of carbonyl (C=O) groups is 2. The van der Waals surface area contributed by atoms with E-state index in [1.807, 2.05) is 13.8 Å². The lowest BCUT2D eigenvalue weighted by Gasteiger charge is -2.52. The van der Waals surface area contributed by atoms with E-state index < -0.39 is 17.4 Å². The first kappa shape index (κ1) is 17.7. The number of aliphatic hydroxyl groups is 1. The third kappa shape index (κ3) is 2.18. The van der Waals surface area contributed by atoms with Crippen LogP contribution in [0, 0.1) is 11.3 Å². The molecule has 6 nitrogen and oxygen atoms in total. The molecule has 0 aromatic heterocycles. The highest BCUT2D eigenvalue weighted by Crippen LogP contribution is 2.70. The number of rotatable bonds is 2. The molecule has 6 atom stereocenters. The summed E-state index contributed by atoms with van der Waals surface area (Å²) in [6.45, 7) is 9.59. The van der Waals surface area contributed by atoms with E-state index in [2.05, 4.69) is 13.8 Å². The van der Waals surface area contributed by atoms with Crippen LogP contribution in [-0.2, 0) is 23.8 Å². The number of hydrogen-bond donors (Lipinski definition) is 1. The van der Waals surface area contributed by atoms with Crippen LogP contribution >= 0.6 is 0 Å². The molecule has 0 aromatic rings. The molecule has 1 N–H and O–H groups in total. The summed E-state index contributed by atoms with van der Waals surface area (Å²) in [7, 11) is 0. The average Bonchev–Trinajstić information content (AvgIpc) is 3.15. The van der Waals surface area contributed by atoms with Crippen molar-refractivity contribution in [2.75, 3.05) is 0 Å². The predicted molar refractivity (Wildman–Crippen MR) is 91.8 cm³/mol. The lowest BCUT2D eigenvalue weighted by molar-refractivity contribution is -0.209. The van der Waals surface area contributed by atoms with Crippen molar-refractivity contribution >= 4 is 11.9 Å². The molecule has 2 aliphatic heterocycles. The molecule has 0 amide bonds. The van der Waals surface area contributed by atoms with E-state index >= 15 is 0 Å². The minimum Gasteiger partial charge on any atom is -0.459 e. The Balaban J connectivity index is 1.65. The number of allylic oxidation sites excluding steroid dienone is 1. The van der Waals surface area contributed by atoms with Gasteiger partial charge in [0.2, 0.25) is 5.79 Å². The van der Waals surface area contributed by atoms with Crippen molar-refractivity contribution in [3.05, 3.63) is 22.8 Å². The highest BCUT2D eigenvalue weighted by molar-refractivity contribution is 5.92. The van der Waals surface area contributed by atoms with Crippen molar-refractivity contribution < 1.29 is 28.9 Å². The number of esters is 2. The Kier molecular flexibility index (Phi) is 3.55. The second-order valence-electron chi connectivity index (χ2n) is 8.77. The standard InChI is InChI=1S/C20H26O6/c1-10(2)6-16(21)24-14-7-15-19(25-15)9-20(23)13(11(3)17(22)26-20)8-18(19,5)12(14)4/h6,12,14-15,23H,7-9H2,1-5H3/t12-,14-,15+,18+,19+,20+/m0/s1. The van der Waals surface area contributed by atoms with Crippen LogP contribution in [0.2, 0.25) is 0 Å². The summed E-state index contributed by atoms with van der Waals surface area (Å²) in [6.07, 6.45) is 2.49. The zero-order valence-corrected chi connectivity index (χ0v) is 15.9. The SMILES string of the molecule is CC(C)=CC(=O)O[C@H]1C[C@H]2O[C@]23C[C@@]2(O)OC(=O)C(C)=C2C[C@]3(C)[C@H]1C. The van der Waals surface area contributed by atoms with Gasteiger partial charge in [-0.1, -0.05) is 19.4 Å². The third-order valence-electron chi connectivity index (χ3n) is 7.00. The molecule has 3 fully saturated rings. The second-order valence-corrected chi connectivity index (χ2v) is 8.77. The number of fused-ring (bicyclic) bond motifs is 1. The Morgan fingerprint density at radius 1 is 1.38 bits per heavy atom. The molecule has 2 aliphatic carbocycles. The second kappa shape index (κ2) is 5.20. The van der Waals surface area contributed by atoms with Crippen LogP contribution in [0.15, 0.2) is 22.8 Å². The summed E-state index contributed by atoms with van der Waals surface area (Å²) in [5, 5.41) is 10.9. The Bertz CT molecular complexity index is 762. The van der Waals surface area contributed by atoms with Crippen LogP contribution in [0.1, 0.15) is 53.9 Å². The molecular formula is C20H26O6. The summed E-state index contributed by atoms with van der Waals surface area (Å²) in [5.41, 5.74) is 1.15. The van der Waals surface area contributed by atoms with Gasteiger partial charge in [0.1, 0.15) is 11.7 Å². The fourth-order valence-corrected chi connectivity index (χ4v) is 5.25. The Hall–Kier alpha value is -1.66. The maximum Gasteiger partial charge on any atom is 0.336 e. The first-order valence-corrected chi connectivity index (χ1v) is 9.22. The van der Waals surface area contributed by atoms with Crippen molar-refractivity contribution in [1.29, 1.82) is 0 Å². The lowest BCUT2D eigenvalue weighted by Crippen LogP contribution is -2.59. The van der Waals surface area contributed by atoms with E-state index in [1.54, 1.807) is 6.92 Å². The maximum absolute atomic E-state index is 12.1. The number of epoxide rings is 1. The van der Waals surface area contributed by atoms with Crippen molar-refractivity contribution in [2.24, 2.45) is 11.3 Å². The topological polar surface area (TPSA) is 85.4 Å². The normalized spacial score (nSPS) is 45.9. The third-order valence-corrected chi connectivity index (χ3v) is 7.00. The van der Waals surface area contributed by atoms with Crippen molar-refractivity contribution in [3.8, 4) is 0 Å². The lowest BCUT2D eigenvalue weighted by atomic mass is 9.52. The van der Waals surface area contributed by atoms with Crippen LogP contribution in [0.25, 0.3) is 0 Å². The monoisotopic (exact) mass is 362 g/mol. The van der Waals surface area contributed by atoms with E-state index in [0.29, 0.717) is 24.0 Å². The number of carbonyl (C=O) groups excluding carboxylic acids is 2. The molecule has 0 radical (unpaired) electrons. The average molecular weight is 362 g/mol. The molecule has 2 heterocycles. The van der Waals surface area contributed by atoms with E-state index in [9.17, 15) is 14.7 Å². The predicted octanol–water partition coefficient (Wildman–Crippen LogP) is 2.40. The number of ether oxygens (including phenoxy) is 3. The van der Waals surface area contributed by atoms with Gasteiger partial charge in [0.25, 0.3) is 0 Å². The summed E-state index contributed by atoms with van der Waals surface area (Å²) >= 11 is 0. The highest BCUT2D eigenvalue weighted by Gasteiger charge is 2.78. The van der Waals surface area contributed by atoms with Crippen molar-refractivity contribution in [3.63, 3.8) is 0 Å². The summed E-state index contributed by atoms with van der Waals surface area (Å²) < 4.78 is 17.1. The van der Waals surface area contributed by atoms with Gasteiger partial charge >= 0.3 is 11.9 Å². The number of hydrogen-bond acceptors (Lipinski definition) is 6. The summed E-state index contributed by atoms with van der Waals surface area (Å²) in [5.74, 6) is -2.32. The first-order chi connectivity index (χ1) is 12.0. The van der Waals surface area contributed by atoms with Crippen LogP contribution in [0.5, 0.6) is 0 Å². The maximum atomic E-state index is 12.1. The van der Waals surface area contributed by atoms with Gasteiger partial charge in [0.05, 0.1) is 6.10 Å². The van der Waals surface area contributed by atoms with Gasteiger partial charge in [-0.25, -0.2) is 9.59 Å². The molecule has 1 spiro atoms. The molecule has 4 rings (SSSR count).